The second kappa shape index (κ2) is 5.87. The van der Waals surface area contributed by atoms with Gasteiger partial charge in [0, 0.05) is 30.2 Å². The van der Waals surface area contributed by atoms with Crippen molar-refractivity contribution in [1.29, 1.82) is 0 Å². The SMILES string of the molecule is CC(C)NC1CCN(c2c(Cl)cc(Cl)cc2Cl)C1. The van der Waals surface area contributed by atoms with E-state index < -0.39 is 0 Å². The molecular formula is C13H17Cl3N2. The fraction of sp³-hybridized carbons (Fsp3) is 0.538. The Hall–Kier alpha value is -0.150. The largest absolute Gasteiger partial charge is 0.367 e. The zero-order valence-electron chi connectivity index (χ0n) is 10.5. The first-order valence-corrected chi connectivity index (χ1v) is 7.26. The first-order valence-electron chi connectivity index (χ1n) is 6.13. The van der Waals surface area contributed by atoms with E-state index in [-0.39, 0.29) is 0 Å². The molecule has 100 valence electrons. The Morgan fingerprint density at radius 2 is 1.83 bits per heavy atom. The molecule has 1 aromatic carbocycles. The number of nitrogens with zero attached hydrogens (tertiary/aromatic N) is 1. The Bertz CT molecular complexity index is 411. The van der Waals surface area contributed by atoms with Gasteiger partial charge in [0.25, 0.3) is 0 Å². The average Bonchev–Trinajstić information content (AvgIpc) is 2.63. The molecule has 0 saturated carbocycles. The Kier molecular flexibility index (Phi) is 4.65. The highest BCUT2D eigenvalue weighted by Gasteiger charge is 2.26. The lowest BCUT2D eigenvalue weighted by Crippen LogP contribution is -2.37. The Balaban J connectivity index is 2.14. The molecule has 18 heavy (non-hydrogen) atoms. The number of benzene rings is 1. The topological polar surface area (TPSA) is 15.3 Å². The molecule has 2 nitrogen and oxygen atoms in total. The molecule has 0 radical (unpaired) electrons. The first kappa shape index (κ1) is 14.3. The standard InChI is InChI=1S/C13H17Cl3N2/c1-8(2)17-10-3-4-18(7-10)13-11(15)5-9(14)6-12(13)16/h5-6,8,10,17H,3-4,7H2,1-2H3. The van der Waals surface area contributed by atoms with Crippen LogP contribution in [0.5, 0.6) is 0 Å². The van der Waals surface area contributed by atoms with Gasteiger partial charge in [-0.05, 0) is 18.6 Å². The molecule has 1 atom stereocenters. The summed E-state index contributed by atoms with van der Waals surface area (Å²) < 4.78 is 0. The lowest BCUT2D eigenvalue weighted by molar-refractivity contribution is 0.492. The molecular weight excluding hydrogens is 291 g/mol. The van der Waals surface area contributed by atoms with Crippen LogP contribution in [-0.4, -0.2) is 25.2 Å². The summed E-state index contributed by atoms with van der Waals surface area (Å²) in [6, 6.07) is 4.47. The summed E-state index contributed by atoms with van der Waals surface area (Å²) >= 11 is 18.4. The fourth-order valence-electron chi connectivity index (χ4n) is 2.41. The van der Waals surface area contributed by atoms with Crippen molar-refractivity contribution >= 4 is 40.5 Å². The minimum atomic E-state index is 0.492. The van der Waals surface area contributed by atoms with Crippen LogP contribution in [0.15, 0.2) is 12.1 Å². The van der Waals surface area contributed by atoms with Crippen LogP contribution in [0.4, 0.5) is 5.69 Å². The van der Waals surface area contributed by atoms with E-state index in [1.54, 1.807) is 12.1 Å². The maximum absolute atomic E-state index is 6.24. The molecule has 1 unspecified atom stereocenters. The summed E-state index contributed by atoms with van der Waals surface area (Å²) in [6.07, 6.45) is 1.10. The van der Waals surface area contributed by atoms with Gasteiger partial charge >= 0.3 is 0 Å². The van der Waals surface area contributed by atoms with Crippen LogP contribution in [0, 0.1) is 0 Å². The predicted molar refractivity (Wildman–Crippen MR) is 80.4 cm³/mol. The molecule has 2 rings (SSSR count). The lowest BCUT2D eigenvalue weighted by atomic mass is 10.2. The van der Waals surface area contributed by atoms with Crippen LogP contribution in [0.2, 0.25) is 15.1 Å². The summed E-state index contributed by atoms with van der Waals surface area (Å²) in [5.41, 5.74) is 0.899. The molecule has 0 aliphatic carbocycles. The fourth-order valence-corrected chi connectivity index (χ4v) is 3.46. The van der Waals surface area contributed by atoms with E-state index >= 15 is 0 Å². The summed E-state index contributed by atoms with van der Waals surface area (Å²) in [5.74, 6) is 0. The third-order valence-electron chi connectivity index (χ3n) is 3.06. The van der Waals surface area contributed by atoms with Crippen molar-refractivity contribution in [2.75, 3.05) is 18.0 Å². The third kappa shape index (κ3) is 3.24. The van der Waals surface area contributed by atoms with Gasteiger partial charge in [0.05, 0.1) is 15.7 Å². The third-order valence-corrected chi connectivity index (χ3v) is 3.85. The van der Waals surface area contributed by atoms with E-state index in [9.17, 15) is 0 Å². The second-order valence-electron chi connectivity index (χ2n) is 4.97. The van der Waals surface area contributed by atoms with Crippen molar-refractivity contribution in [2.24, 2.45) is 0 Å². The van der Waals surface area contributed by atoms with Crippen molar-refractivity contribution in [1.82, 2.24) is 5.32 Å². The molecule has 1 aromatic rings. The van der Waals surface area contributed by atoms with Crippen molar-refractivity contribution in [3.8, 4) is 0 Å². The minimum Gasteiger partial charge on any atom is -0.367 e. The zero-order valence-corrected chi connectivity index (χ0v) is 12.8. The Morgan fingerprint density at radius 1 is 1.22 bits per heavy atom. The Labute approximate surface area is 123 Å². The van der Waals surface area contributed by atoms with Gasteiger partial charge < -0.3 is 10.2 Å². The normalized spacial score (nSPS) is 19.9. The molecule has 0 spiro atoms. The molecule has 1 aliphatic rings. The van der Waals surface area contributed by atoms with E-state index in [4.69, 9.17) is 34.8 Å². The highest BCUT2D eigenvalue weighted by atomic mass is 35.5. The maximum Gasteiger partial charge on any atom is 0.0746 e. The first-order chi connectivity index (χ1) is 8.47. The number of nitrogens with one attached hydrogen (secondary N) is 1. The number of anilines is 1. The highest BCUT2D eigenvalue weighted by molar-refractivity contribution is 6.41. The van der Waals surface area contributed by atoms with E-state index in [1.807, 2.05) is 0 Å². The van der Waals surface area contributed by atoms with Gasteiger partial charge in [-0.25, -0.2) is 0 Å². The minimum absolute atomic E-state index is 0.492. The molecule has 1 aliphatic heterocycles. The van der Waals surface area contributed by atoms with Gasteiger partial charge in [-0.3, -0.25) is 0 Å². The van der Waals surface area contributed by atoms with Crippen molar-refractivity contribution in [3.05, 3.63) is 27.2 Å². The van der Waals surface area contributed by atoms with Crippen molar-refractivity contribution in [3.63, 3.8) is 0 Å². The molecule has 0 aromatic heterocycles. The van der Waals surface area contributed by atoms with Gasteiger partial charge in [-0.1, -0.05) is 48.7 Å². The van der Waals surface area contributed by atoms with Gasteiger partial charge in [0.2, 0.25) is 0 Å². The van der Waals surface area contributed by atoms with E-state index in [1.165, 1.54) is 0 Å². The number of hydrogen-bond acceptors (Lipinski definition) is 2. The average molecular weight is 308 g/mol. The van der Waals surface area contributed by atoms with Crippen LogP contribution in [0.3, 0.4) is 0 Å². The van der Waals surface area contributed by atoms with E-state index in [0.29, 0.717) is 27.2 Å². The molecule has 0 amide bonds. The van der Waals surface area contributed by atoms with E-state index in [2.05, 4.69) is 24.1 Å². The number of rotatable bonds is 3. The summed E-state index contributed by atoms with van der Waals surface area (Å²) in [7, 11) is 0. The molecule has 1 heterocycles. The lowest BCUT2D eigenvalue weighted by Gasteiger charge is -2.22. The smallest absolute Gasteiger partial charge is 0.0746 e. The van der Waals surface area contributed by atoms with Gasteiger partial charge in [0.1, 0.15) is 0 Å². The summed E-state index contributed by atoms with van der Waals surface area (Å²) in [4.78, 5) is 2.22. The number of hydrogen-bond donors (Lipinski definition) is 1. The summed E-state index contributed by atoms with van der Waals surface area (Å²) in [5, 5.41) is 5.36. The van der Waals surface area contributed by atoms with Gasteiger partial charge in [0.15, 0.2) is 0 Å². The van der Waals surface area contributed by atoms with Crippen LogP contribution < -0.4 is 10.2 Å². The summed E-state index contributed by atoms with van der Waals surface area (Å²) in [6.45, 7) is 6.21. The van der Waals surface area contributed by atoms with E-state index in [0.717, 1.165) is 25.2 Å². The van der Waals surface area contributed by atoms with Gasteiger partial charge in [-0.15, -0.1) is 0 Å². The van der Waals surface area contributed by atoms with Crippen molar-refractivity contribution in [2.45, 2.75) is 32.4 Å². The van der Waals surface area contributed by atoms with Crippen LogP contribution >= 0.6 is 34.8 Å². The molecule has 1 saturated heterocycles. The van der Waals surface area contributed by atoms with Gasteiger partial charge in [-0.2, -0.15) is 0 Å². The quantitative estimate of drug-likeness (QED) is 0.899. The zero-order chi connectivity index (χ0) is 13.3. The molecule has 1 N–H and O–H groups in total. The molecule has 0 bridgehead atoms. The van der Waals surface area contributed by atoms with Crippen LogP contribution in [0.25, 0.3) is 0 Å². The van der Waals surface area contributed by atoms with Crippen LogP contribution in [0.1, 0.15) is 20.3 Å². The van der Waals surface area contributed by atoms with Crippen molar-refractivity contribution < 1.29 is 0 Å². The predicted octanol–water partition coefficient (Wildman–Crippen LogP) is 4.22. The Morgan fingerprint density at radius 3 is 2.39 bits per heavy atom. The second-order valence-corrected chi connectivity index (χ2v) is 6.22. The highest BCUT2D eigenvalue weighted by Crippen LogP contribution is 2.38. The molecule has 5 heteroatoms. The maximum atomic E-state index is 6.24. The number of halogens is 3. The van der Waals surface area contributed by atoms with Crippen LogP contribution in [-0.2, 0) is 0 Å². The molecule has 1 fully saturated rings. The monoisotopic (exact) mass is 306 g/mol.